The number of alkyl halides is 3. The molecule has 0 saturated heterocycles. The van der Waals surface area contributed by atoms with Gasteiger partial charge in [0.1, 0.15) is 0 Å². The average Bonchev–Trinajstić information content (AvgIpc) is 3.04. The minimum absolute atomic E-state index is 0.0317. The first kappa shape index (κ1) is 25.7. The van der Waals surface area contributed by atoms with Gasteiger partial charge in [0.05, 0.1) is 40.7 Å². The summed E-state index contributed by atoms with van der Waals surface area (Å²) in [5.41, 5.74) is 11.4. The quantitative estimate of drug-likeness (QED) is 0.570. The number of carbonyl (C=O) groups excluding carboxylic acids is 2. The van der Waals surface area contributed by atoms with Crippen molar-refractivity contribution in [2.24, 2.45) is 11.1 Å². The number of Topliss-reactive ketones (excluding diaryl/α,β-unsaturated/α-hetero) is 1. The monoisotopic (exact) mass is 480 g/mol. The Morgan fingerprint density at radius 2 is 1.85 bits per heavy atom. The Hall–Kier alpha value is -2.88. The van der Waals surface area contributed by atoms with Gasteiger partial charge in [-0.05, 0) is 42.9 Å². The number of carbonyl (C=O) groups is 2. The van der Waals surface area contributed by atoms with Gasteiger partial charge in [-0.15, -0.1) is 0 Å². The summed E-state index contributed by atoms with van der Waals surface area (Å²) in [5.74, 6) is -1.07. The molecule has 1 aromatic carbocycles. The smallest absolute Gasteiger partial charge is 0.394 e. The molecule has 1 amide bonds. The maximum Gasteiger partial charge on any atom is 0.394 e. The van der Waals surface area contributed by atoms with E-state index < -0.39 is 23.9 Å². The maximum absolute atomic E-state index is 13.0. The number of ketones is 1. The van der Waals surface area contributed by atoms with Crippen LogP contribution in [-0.4, -0.2) is 38.9 Å². The number of primary amides is 1. The van der Waals surface area contributed by atoms with Crippen LogP contribution in [0.1, 0.15) is 84.5 Å². The van der Waals surface area contributed by atoms with Gasteiger partial charge in [0.15, 0.2) is 5.78 Å². The summed E-state index contributed by atoms with van der Waals surface area (Å²) >= 11 is 0. The summed E-state index contributed by atoms with van der Waals surface area (Å²) in [6, 6.07) is 4.30. The van der Waals surface area contributed by atoms with Gasteiger partial charge in [-0.25, -0.2) is 4.68 Å². The highest BCUT2D eigenvalue weighted by Gasteiger charge is 2.40. The van der Waals surface area contributed by atoms with Gasteiger partial charge in [-0.1, -0.05) is 33.1 Å². The van der Waals surface area contributed by atoms with E-state index >= 15 is 0 Å². The van der Waals surface area contributed by atoms with Crippen LogP contribution >= 0.6 is 0 Å². The van der Waals surface area contributed by atoms with Crippen LogP contribution in [-0.2, 0) is 12.8 Å². The van der Waals surface area contributed by atoms with Crippen molar-refractivity contribution in [3.05, 3.63) is 40.7 Å². The van der Waals surface area contributed by atoms with E-state index in [1.165, 1.54) is 42.1 Å². The van der Waals surface area contributed by atoms with E-state index in [-0.39, 0.29) is 40.8 Å². The molecule has 10 heteroatoms. The lowest BCUT2D eigenvalue weighted by atomic mass is 9.75. The minimum atomic E-state index is -4.49. The van der Waals surface area contributed by atoms with Crippen LogP contribution in [0.2, 0.25) is 0 Å². The molecule has 4 rings (SSSR count). The normalized spacial score (nSPS) is 18.1. The Morgan fingerprint density at radius 1 is 1.21 bits per heavy atom. The SMILES string of the molecule is CC1(C)CC(=O)c2c(CC(F)(F)F)nn(-c3ccc(C(N)=O)c(N)c3)c2C1.OC1CCCCC1. The van der Waals surface area contributed by atoms with Crippen molar-refractivity contribution in [3.8, 4) is 5.69 Å². The van der Waals surface area contributed by atoms with E-state index in [4.69, 9.17) is 16.6 Å². The van der Waals surface area contributed by atoms with Crippen LogP contribution in [0.15, 0.2) is 18.2 Å². The molecule has 0 radical (unpaired) electrons. The number of aliphatic hydroxyl groups excluding tert-OH is 1. The molecule has 7 nitrogen and oxygen atoms in total. The number of halogens is 3. The van der Waals surface area contributed by atoms with E-state index in [1.54, 1.807) is 0 Å². The number of aromatic nitrogens is 2. The number of nitrogens with zero attached hydrogens (tertiary/aromatic N) is 2. The number of nitrogen functional groups attached to an aromatic ring is 1. The maximum atomic E-state index is 13.0. The van der Waals surface area contributed by atoms with Gasteiger partial charge in [0, 0.05) is 12.1 Å². The van der Waals surface area contributed by atoms with Crippen LogP contribution in [0.5, 0.6) is 0 Å². The Morgan fingerprint density at radius 3 is 2.35 bits per heavy atom. The van der Waals surface area contributed by atoms with Crippen molar-refractivity contribution < 1.29 is 27.9 Å². The zero-order chi connectivity index (χ0) is 25.3. The largest absolute Gasteiger partial charge is 0.398 e. The summed E-state index contributed by atoms with van der Waals surface area (Å²) in [5, 5.41) is 13.0. The molecule has 0 atom stereocenters. The molecular weight excluding hydrogens is 449 g/mol. The van der Waals surface area contributed by atoms with Crippen LogP contribution in [0, 0.1) is 5.41 Å². The van der Waals surface area contributed by atoms with Gasteiger partial charge in [0.25, 0.3) is 5.91 Å². The standard InChI is InChI=1S/C18H19F3N4O2.C6H12O/c1-17(2)7-13-15(14(26)8-17)12(6-18(19,20)21)24-25(13)9-3-4-10(16(23)27)11(22)5-9;7-6-4-2-1-3-5-6/h3-5H,6-8,22H2,1-2H3,(H2,23,27);6-7H,1-5H2. The lowest BCUT2D eigenvalue weighted by Crippen LogP contribution is -2.28. The molecule has 2 aromatic rings. The van der Waals surface area contributed by atoms with Crippen molar-refractivity contribution in [2.45, 2.75) is 77.5 Å². The summed E-state index contributed by atoms with van der Waals surface area (Å²) in [6.07, 6.45) is 0.682. The second-order valence-electron chi connectivity index (χ2n) is 9.84. The molecule has 1 fully saturated rings. The van der Waals surface area contributed by atoms with E-state index in [0.29, 0.717) is 17.8 Å². The molecule has 186 valence electrons. The Balaban J connectivity index is 0.000000396. The zero-order valence-corrected chi connectivity index (χ0v) is 19.4. The fraction of sp³-hybridized carbons (Fsp3) is 0.542. The average molecular weight is 481 g/mol. The lowest BCUT2D eigenvalue weighted by Gasteiger charge is -2.29. The highest BCUT2D eigenvalue weighted by atomic mass is 19.4. The molecule has 5 N–H and O–H groups in total. The van der Waals surface area contributed by atoms with E-state index in [1.807, 2.05) is 13.8 Å². The second-order valence-corrected chi connectivity index (χ2v) is 9.84. The van der Waals surface area contributed by atoms with Gasteiger partial charge < -0.3 is 16.6 Å². The van der Waals surface area contributed by atoms with Crippen molar-refractivity contribution >= 4 is 17.4 Å². The second kappa shape index (κ2) is 9.77. The van der Waals surface area contributed by atoms with E-state index in [9.17, 15) is 22.8 Å². The lowest BCUT2D eigenvalue weighted by molar-refractivity contribution is -0.127. The van der Waals surface area contributed by atoms with E-state index in [2.05, 4.69) is 5.10 Å². The molecule has 0 bridgehead atoms. The van der Waals surface area contributed by atoms with Crippen molar-refractivity contribution in [1.82, 2.24) is 9.78 Å². The molecule has 1 heterocycles. The Kier molecular flexibility index (Phi) is 7.40. The molecule has 0 unspecified atom stereocenters. The predicted octanol–water partition coefficient (Wildman–Crippen LogP) is 4.12. The van der Waals surface area contributed by atoms with Crippen LogP contribution in [0.25, 0.3) is 5.69 Å². The molecule has 0 spiro atoms. The van der Waals surface area contributed by atoms with Gasteiger partial charge in [-0.2, -0.15) is 18.3 Å². The summed E-state index contributed by atoms with van der Waals surface area (Å²) < 4.78 is 40.2. The first-order valence-electron chi connectivity index (χ1n) is 11.4. The van der Waals surface area contributed by atoms with Crippen LogP contribution in [0.3, 0.4) is 0 Å². The topological polar surface area (TPSA) is 124 Å². The number of rotatable bonds is 3. The van der Waals surface area contributed by atoms with Crippen molar-refractivity contribution in [2.75, 3.05) is 5.73 Å². The highest BCUT2D eigenvalue weighted by Crippen LogP contribution is 2.38. The highest BCUT2D eigenvalue weighted by molar-refractivity contribution is 6.00. The summed E-state index contributed by atoms with van der Waals surface area (Å²) in [4.78, 5) is 23.9. The number of hydrogen-bond donors (Lipinski definition) is 3. The third-order valence-corrected chi connectivity index (χ3v) is 6.11. The summed E-state index contributed by atoms with van der Waals surface area (Å²) in [6.45, 7) is 3.75. The molecule has 1 aromatic heterocycles. The number of hydrogen-bond acceptors (Lipinski definition) is 5. The predicted molar refractivity (Wildman–Crippen MR) is 122 cm³/mol. The van der Waals surface area contributed by atoms with Crippen LogP contribution in [0.4, 0.5) is 18.9 Å². The van der Waals surface area contributed by atoms with E-state index in [0.717, 1.165) is 12.8 Å². The number of benzene rings is 1. The van der Waals surface area contributed by atoms with Gasteiger partial charge in [-0.3, -0.25) is 9.59 Å². The number of nitrogens with two attached hydrogens (primary N) is 2. The van der Waals surface area contributed by atoms with Crippen molar-refractivity contribution in [3.63, 3.8) is 0 Å². The zero-order valence-electron chi connectivity index (χ0n) is 19.4. The number of amides is 1. The van der Waals surface area contributed by atoms with Gasteiger partial charge in [0.2, 0.25) is 0 Å². The van der Waals surface area contributed by atoms with Crippen LogP contribution < -0.4 is 11.5 Å². The first-order valence-corrected chi connectivity index (χ1v) is 11.4. The number of fused-ring (bicyclic) bond motifs is 1. The molecule has 2 aliphatic rings. The Bertz CT molecular complexity index is 1070. The first-order chi connectivity index (χ1) is 15.8. The third kappa shape index (κ3) is 6.16. The minimum Gasteiger partial charge on any atom is -0.398 e. The number of aliphatic hydroxyl groups is 1. The van der Waals surface area contributed by atoms with Crippen molar-refractivity contribution in [1.29, 1.82) is 0 Å². The molecular formula is C24H31F3N4O3. The fourth-order valence-corrected chi connectivity index (χ4v) is 4.54. The van der Waals surface area contributed by atoms with Gasteiger partial charge >= 0.3 is 6.18 Å². The number of anilines is 1. The molecule has 2 aliphatic carbocycles. The third-order valence-electron chi connectivity index (χ3n) is 6.11. The Labute approximate surface area is 196 Å². The molecule has 1 saturated carbocycles. The summed E-state index contributed by atoms with van der Waals surface area (Å²) in [7, 11) is 0. The molecule has 0 aliphatic heterocycles. The fourth-order valence-electron chi connectivity index (χ4n) is 4.54. The molecule has 34 heavy (non-hydrogen) atoms.